The van der Waals surface area contributed by atoms with Crippen molar-refractivity contribution in [3.63, 3.8) is 0 Å². The predicted octanol–water partition coefficient (Wildman–Crippen LogP) is 1.99. The Hall–Kier alpha value is -0.940. The lowest BCUT2D eigenvalue weighted by atomic mass is 9.97. The zero-order chi connectivity index (χ0) is 13.0. The van der Waals surface area contributed by atoms with Crippen LogP contribution in [-0.4, -0.2) is 27.3 Å². The van der Waals surface area contributed by atoms with Crippen molar-refractivity contribution in [3.8, 4) is 0 Å². The molecule has 1 atom stereocenters. The highest BCUT2D eigenvalue weighted by Gasteiger charge is 2.19. The Kier molecular flexibility index (Phi) is 4.35. The summed E-state index contributed by atoms with van der Waals surface area (Å²) in [6, 6.07) is 5.05. The van der Waals surface area contributed by atoms with Crippen molar-refractivity contribution in [1.29, 1.82) is 0 Å². The van der Waals surface area contributed by atoms with Gasteiger partial charge in [-0.3, -0.25) is 0 Å². The first-order valence-electron chi connectivity index (χ1n) is 6.27. The van der Waals surface area contributed by atoms with Gasteiger partial charge in [-0.15, -0.1) is 0 Å². The second-order valence-corrected chi connectivity index (χ2v) is 6.88. The Morgan fingerprint density at radius 1 is 1.28 bits per heavy atom. The van der Waals surface area contributed by atoms with Crippen molar-refractivity contribution in [2.24, 2.45) is 5.92 Å². The molecule has 1 aromatic carbocycles. The lowest BCUT2D eigenvalue weighted by Gasteiger charge is -2.22. The van der Waals surface area contributed by atoms with Crippen LogP contribution in [0.1, 0.15) is 19.3 Å². The van der Waals surface area contributed by atoms with E-state index in [9.17, 15) is 12.8 Å². The maximum Gasteiger partial charge on any atom is 0.178 e. The summed E-state index contributed by atoms with van der Waals surface area (Å²) in [5, 5.41) is 3.27. The summed E-state index contributed by atoms with van der Waals surface area (Å²) in [6.07, 6.45) is 2.87. The van der Waals surface area contributed by atoms with E-state index < -0.39 is 15.7 Å². The van der Waals surface area contributed by atoms with Gasteiger partial charge in [-0.25, -0.2) is 12.8 Å². The highest BCUT2D eigenvalue weighted by atomic mass is 32.2. The van der Waals surface area contributed by atoms with Gasteiger partial charge in [-0.05, 0) is 62.5 Å². The number of benzene rings is 1. The van der Waals surface area contributed by atoms with E-state index in [1.54, 1.807) is 0 Å². The standard InChI is InChI=1S/C13H18FNO2S/c14-12-3-5-13(6-4-12)18(16,17)9-7-11-2-1-8-15-10-11/h3-6,11,15H,1-2,7-10H2. The van der Waals surface area contributed by atoms with Crippen LogP contribution in [0.4, 0.5) is 4.39 Å². The fourth-order valence-electron chi connectivity index (χ4n) is 2.25. The third-order valence-corrected chi connectivity index (χ3v) is 5.13. The van der Waals surface area contributed by atoms with E-state index in [-0.39, 0.29) is 10.6 Å². The number of nitrogens with one attached hydrogen (secondary N) is 1. The van der Waals surface area contributed by atoms with Crippen molar-refractivity contribution >= 4 is 9.84 Å². The van der Waals surface area contributed by atoms with Crippen LogP contribution in [0.15, 0.2) is 29.2 Å². The van der Waals surface area contributed by atoms with Gasteiger partial charge < -0.3 is 5.32 Å². The predicted molar refractivity (Wildman–Crippen MR) is 68.7 cm³/mol. The Balaban J connectivity index is 1.96. The molecule has 1 aliphatic heterocycles. The lowest BCUT2D eigenvalue weighted by molar-refractivity contribution is 0.369. The van der Waals surface area contributed by atoms with Crippen LogP contribution in [0.2, 0.25) is 0 Å². The van der Waals surface area contributed by atoms with Gasteiger partial charge >= 0.3 is 0 Å². The van der Waals surface area contributed by atoms with Crippen molar-refractivity contribution in [1.82, 2.24) is 5.32 Å². The highest BCUT2D eigenvalue weighted by molar-refractivity contribution is 7.91. The van der Waals surface area contributed by atoms with Crippen LogP contribution in [-0.2, 0) is 9.84 Å². The molecule has 1 saturated heterocycles. The largest absolute Gasteiger partial charge is 0.316 e. The van der Waals surface area contributed by atoms with E-state index in [1.807, 2.05) is 0 Å². The SMILES string of the molecule is O=S(=O)(CCC1CCCNC1)c1ccc(F)cc1. The fraction of sp³-hybridized carbons (Fsp3) is 0.538. The second kappa shape index (κ2) is 5.80. The monoisotopic (exact) mass is 271 g/mol. The normalized spacial score (nSPS) is 20.8. The molecule has 0 aliphatic carbocycles. The molecule has 3 nitrogen and oxygen atoms in total. The average molecular weight is 271 g/mol. The van der Waals surface area contributed by atoms with Gasteiger partial charge in [0.15, 0.2) is 9.84 Å². The third kappa shape index (κ3) is 3.53. The summed E-state index contributed by atoms with van der Waals surface area (Å²) in [4.78, 5) is 0.215. The summed E-state index contributed by atoms with van der Waals surface area (Å²) in [5.41, 5.74) is 0. The Morgan fingerprint density at radius 2 is 2.00 bits per heavy atom. The first-order chi connectivity index (χ1) is 8.58. The smallest absolute Gasteiger partial charge is 0.178 e. The van der Waals surface area contributed by atoms with E-state index in [2.05, 4.69) is 5.32 Å². The molecule has 0 bridgehead atoms. The minimum absolute atomic E-state index is 0.144. The third-order valence-electron chi connectivity index (χ3n) is 3.37. The lowest BCUT2D eigenvalue weighted by Crippen LogP contribution is -2.30. The summed E-state index contributed by atoms with van der Waals surface area (Å²) in [5.74, 6) is 0.171. The van der Waals surface area contributed by atoms with Gasteiger partial charge in [0.1, 0.15) is 5.82 Å². The van der Waals surface area contributed by atoms with E-state index in [4.69, 9.17) is 0 Å². The molecule has 2 rings (SSSR count). The van der Waals surface area contributed by atoms with Gasteiger partial charge in [-0.2, -0.15) is 0 Å². The van der Waals surface area contributed by atoms with Crippen molar-refractivity contribution in [2.75, 3.05) is 18.8 Å². The number of rotatable bonds is 4. The molecular weight excluding hydrogens is 253 g/mol. The Labute approximate surface area is 107 Å². The van der Waals surface area contributed by atoms with Crippen LogP contribution >= 0.6 is 0 Å². The van der Waals surface area contributed by atoms with E-state index >= 15 is 0 Å². The van der Waals surface area contributed by atoms with Crippen molar-refractivity contribution in [3.05, 3.63) is 30.1 Å². The zero-order valence-electron chi connectivity index (χ0n) is 10.2. The van der Waals surface area contributed by atoms with Gasteiger partial charge in [0.05, 0.1) is 10.6 Å². The van der Waals surface area contributed by atoms with Gasteiger partial charge in [-0.1, -0.05) is 0 Å². The Morgan fingerprint density at radius 3 is 2.61 bits per heavy atom. The molecule has 5 heteroatoms. The molecule has 0 aromatic heterocycles. The fourth-order valence-corrected chi connectivity index (χ4v) is 3.68. The summed E-state index contributed by atoms with van der Waals surface area (Å²) in [6.45, 7) is 1.93. The first kappa shape index (κ1) is 13.5. The topological polar surface area (TPSA) is 46.2 Å². The molecule has 1 heterocycles. The maximum absolute atomic E-state index is 12.7. The quantitative estimate of drug-likeness (QED) is 0.852. The van der Waals surface area contributed by atoms with Gasteiger partial charge in [0, 0.05) is 0 Å². The molecule has 1 unspecified atom stereocenters. The van der Waals surface area contributed by atoms with Crippen molar-refractivity contribution in [2.45, 2.75) is 24.2 Å². The number of hydrogen-bond donors (Lipinski definition) is 1. The molecule has 1 aromatic rings. The van der Waals surface area contributed by atoms with Gasteiger partial charge in [0.2, 0.25) is 0 Å². The van der Waals surface area contributed by atoms with Crippen LogP contribution in [0.3, 0.4) is 0 Å². The van der Waals surface area contributed by atoms with Crippen molar-refractivity contribution < 1.29 is 12.8 Å². The molecule has 0 spiro atoms. The van der Waals surface area contributed by atoms with Crippen LogP contribution in [0.5, 0.6) is 0 Å². The maximum atomic E-state index is 12.7. The average Bonchev–Trinajstić information content (AvgIpc) is 2.38. The molecule has 18 heavy (non-hydrogen) atoms. The number of piperidine rings is 1. The first-order valence-corrected chi connectivity index (χ1v) is 7.92. The number of sulfone groups is 1. The van der Waals surface area contributed by atoms with E-state index in [0.29, 0.717) is 12.3 Å². The molecule has 0 amide bonds. The van der Waals surface area contributed by atoms with Gasteiger partial charge in [0.25, 0.3) is 0 Å². The molecular formula is C13H18FNO2S. The van der Waals surface area contributed by atoms with E-state index in [1.165, 1.54) is 24.3 Å². The minimum atomic E-state index is -3.27. The molecule has 0 radical (unpaired) electrons. The highest BCUT2D eigenvalue weighted by Crippen LogP contribution is 2.18. The molecule has 1 fully saturated rings. The summed E-state index contributed by atoms with van der Waals surface area (Å²) < 4.78 is 36.8. The number of hydrogen-bond acceptors (Lipinski definition) is 3. The molecule has 1 aliphatic rings. The van der Waals surface area contributed by atoms with E-state index in [0.717, 1.165) is 25.9 Å². The van der Waals surface area contributed by atoms with Crippen LogP contribution < -0.4 is 5.32 Å². The Bertz CT molecular complexity index is 478. The van der Waals surface area contributed by atoms with Crippen LogP contribution in [0, 0.1) is 11.7 Å². The summed E-state index contributed by atoms with van der Waals surface area (Å²) in [7, 11) is -3.27. The number of halogens is 1. The zero-order valence-corrected chi connectivity index (χ0v) is 11.0. The minimum Gasteiger partial charge on any atom is -0.316 e. The molecule has 1 N–H and O–H groups in total. The summed E-state index contributed by atoms with van der Waals surface area (Å²) >= 11 is 0. The molecule has 100 valence electrons. The molecule has 0 saturated carbocycles. The van der Waals surface area contributed by atoms with Crippen LogP contribution in [0.25, 0.3) is 0 Å². The second-order valence-electron chi connectivity index (χ2n) is 4.77.